The summed E-state index contributed by atoms with van der Waals surface area (Å²) in [5.74, 6) is -0.409. The van der Waals surface area contributed by atoms with Crippen molar-refractivity contribution in [2.75, 3.05) is 19.9 Å². The van der Waals surface area contributed by atoms with Crippen LogP contribution in [0, 0.1) is 0 Å². The zero-order valence-corrected chi connectivity index (χ0v) is 19.3. The average Bonchev–Trinajstić information content (AvgIpc) is 3.33. The first kappa shape index (κ1) is 23.7. The average molecular weight is 479 g/mol. The summed E-state index contributed by atoms with van der Waals surface area (Å²) in [4.78, 5) is 54.2. The molecular weight excluding hydrogens is 454 g/mol. The Hall–Kier alpha value is -4.41. The van der Waals surface area contributed by atoms with Crippen molar-refractivity contribution in [2.45, 2.75) is 26.4 Å². The lowest BCUT2D eigenvalue weighted by Gasteiger charge is -2.16. The van der Waals surface area contributed by atoms with E-state index < -0.39 is 23.3 Å². The van der Waals surface area contributed by atoms with Gasteiger partial charge in [0.2, 0.25) is 18.1 Å². The van der Waals surface area contributed by atoms with E-state index in [0.29, 0.717) is 34.5 Å². The molecule has 1 unspecified atom stereocenters. The van der Waals surface area contributed by atoms with Gasteiger partial charge in [-0.25, -0.2) is 0 Å². The standard InChI is InChI=1S/C24H25N5O6/c1-3-29-12-17(21(30)16-10-19-20(11-18(16)29)35-13-34-19)24(33)28-14(2)22(31)26-8-9-27-23(32)15-4-6-25-7-5-15/h4-7,10-12,14H,3,8-9,13H2,1-2H3,(H,26,31)(H,27,32)(H,28,33). The van der Waals surface area contributed by atoms with Gasteiger partial charge in [-0.05, 0) is 32.0 Å². The third-order valence-corrected chi connectivity index (χ3v) is 5.55. The molecule has 11 heteroatoms. The summed E-state index contributed by atoms with van der Waals surface area (Å²) in [6.07, 6.45) is 4.50. The smallest absolute Gasteiger partial charge is 0.257 e. The second-order valence-corrected chi connectivity index (χ2v) is 7.86. The van der Waals surface area contributed by atoms with E-state index in [2.05, 4.69) is 20.9 Å². The maximum absolute atomic E-state index is 13.1. The van der Waals surface area contributed by atoms with Crippen molar-refractivity contribution in [1.29, 1.82) is 0 Å². The maximum Gasteiger partial charge on any atom is 0.257 e. The second kappa shape index (κ2) is 10.2. The van der Waals surface area contributed by atoms with E-state index in [4.69, 9.17) is 9.47 Å². The predicted octanol–water partition coefficient (Wildman–Crippen LogP) is 0.810. The molecule has 2 aromatic heterocycles. The number of hydrogen-bond donors (Lipinski definition) is 3. The Morgan fingerprint density at radius 2 is 1.74 bits per heavy atom. The SMILES string of the molecule is CCn1cc(C(=O)NC(C)C(=O)NCCNC(=O)c2ccncc2)c(=O)c2cc3c(cc21)OCO3. The van der Waals surface area contributed by atoms with E-state index in [1.54, 1.807) is 28.8 Å². The number of fused-ring (bicyclic) bond motifs is 2. The van der Waals surface area contributed by atoms with Crippen LogP contribution in [0.1, 0.15) is 34.6 Å². The number of nitrogens with one attached hydrogen (secondary N) is 3. The second-order valence-electron chi connectivity index (χ2n) is 7.86. The van der Waals surface area contributed by atoms with Crippen molar-refractivity contribution in [2.24, 2.45) is 0 Å². The van der Waals surface area contributed by atoms with Crippen LogP contribution in [0.4, 0.5) is 0 Å². The van der Waals surface area contributed by atoms with Crippen LogP contribution < -0.4 is 30.9 Å². The number of aryl methyl sites for hydroxylation is 1. The minimum Gasteiger partial charge on any atom is -0.454 e. The topological polar surface area (TPSA) is 141 Å². The van der Waals surface area contributed by atoms with Gasteiger partial charge in [-0.3, -0.25) is 24.2 Å². The third-order valence-electron chi connectivity index (χ3n) is 5.55. The number of nitrogens with zero attached hydrogens (tertiary/aromatic N) is 2. The van der Waals surface area contributed by atoms with Crippen molar-refractivity contribution in [1.82, 2.24) is 25.5 Å². The van der Waals surface area contributed by atoms with Crippen molar-refractivity contribution < 1.29 is 23.9 Å². The van der Waals surface area contributed by atoms with Gasteiger partial charge in [0.05, 0.1) is 10.9 Å². The highest BCUT2D eigenvalue weighted by atomic mass is 16.7. The summed E-state index contributed by atoms with van der Waals surface area (Å²) < 4.78 is 12.5. The lowest BCUT2D eigenvalue weighted by molar-refractivity contribution is -0.122. The molecule has 0 fully saturated rings. The Labute approximate surface area is 200 Å². The van der Waals surface area contributed by atoms with Gasteiger partial charge in [0.15, 0.2) is 11.5 Å². The quantitative estimate of drug-likeness (QED) is 0.406. The summed E-state index contributed by atoms with van der Waals surface area (Å²) in [6, 6.07) is 5.55. The van der Waals surface area contributed by atoms with Crippen molar-refractivity contribution in [3.8, 4) is 11.5 Å². The predicted molar refractivity (Wildman–Crippen MR) is 127 cm³/mol. The van der Waals surface area contributed by atoms with E-state index in [1.165, 1.54) is 25.5 Å². The number of carbonyl (C=O) groups excluding carboxylic acids is 3. The molecule has 3 amide bonds. The van der Waals surface area contributed by atoms with Gasteiger partial charge >= 0.3 is 0 Å². The van der Waals surface area contributed by atoms with E-state index in [-0.39, 0.29) is 31.4 Å². The molecule has 0 aliphatic carbocycles. The number of hydrogen-bond acceptors (Lipinski definition) is 7. The highest BCUT2D eigenvalue weighted by Crippen LogP contribution is 2.35. The van der Waals surface area contributed by atoms with Gasteiger partial charge in [-0.15, -0.1) is 0 Å². The van der Waals surface area contributed by atoms with Crippen LogP contribution in [-0.4, -0.2) is 53.2 Å². The Balaban J connectivity index is 1.38. The van der Waals surface area contributed by atoms with Crippen LogP contribution in [0.25, 0.3) is 10.9 Å². The van der Waals surface area contributed by atoms with Crippen LogP contribution in [-0.2, 0) is 11.3 Å². The van der Waals surface area contributed by atoms with E-state index in [0.717, 1.165) is 0 Å². The summed E-state index contributed by atoms with van der Waals surface area (Å²) in [5.41, 5.74) is 0.538. The number of benzene rings is 1. The van der Waals surface area contributed by atoms with E-state index >= 15 is 0 Å². The number of rotatable bonds is 8. The molecule has 0 spiro atoms. The van der Waals surface area contributed by atoms with Crippen LogP contribution >= 0.6 is 0 Å². The van der Waals surface area contributed by atoms with E-state index in [1.807, 2.05) is 6.92 Å². The van der Waals surface area contributed by atoms with Gasteiger partial charge in [0, 0.05) is 49.9 Å². The molecule has 0 bridgehead atoms. The summed E-state index contributed by atoms with van der Waals surface area (Å²) in [7, 11) is 0. The molecule has 0 radical (unpaired) electrons. The molecule has 182 valence electrons. The van der Waals surface area contributed by atoms with Gasteiger partial charge in [0.1, 0.15) is 11.6 Å². The summed E-state index contributed by atoms with van der Waals surface area (Å²) in [5, 5.41) is 8.22. The van der Waals surface area contributed by atoms with Crippen LogP contribution in [0.15, 0.2) is 47.7 Å². The number of pyridine rings is 2. The normalized spacial score (nSPS) is 12.7. The number of ether oxygens (including phenoxy) is 2. The van der Waals surface area contributed by atoms with Crippen LogP contribution in [0.2, 0.25) is 0 Å². The molecule has 4 rings (SSSR count). The molecule has 3 N–H and O–H groups in total. The van der Waals surface area contributed by atoms with Crippen LogP contribution in [0.5, 0.6) is 11.5 Å². The molecule has 35 heavy (non-hydrogen) atoms. The molecule has 11 nitrogen and oxygen atoms in total. The van der Waals surface area contributed by atoms with Gasteiger partial charge in [0.25, 0.3) is 11.8 Å². The van der Waals surface area contributed by atoms with Crippen molar-refractivity contribution in [3.05, 3.63) is 64.2 Å². The molecule has 1 atom stereocenters. The first-order valence-corrected chi connectivity index (χ1v) is 11.1. The highest BCUT2D eigenvalue weighted by molar-refractivity contribution is 6.00. The summed E-state index contributed by atoms with van der Waals surface area (Å²) in [6.45, 7) is 4.36. The molecule has 3 aromatic rings. The number of amides is 3. The Kier molecular flexibility index (Phi) is 6.95. The minimum absolute atomic E-state index is 0.0688. The molecular formula is C24H25N5O6. The summed E-state index contributed by atoms with van der Waals surface area (Å²) >= 11 is 0. The largest absolute Gasteiger partial charge is 0.454 e. The first-order chi connectivity index (χ1) is 16.9. The fourth-order valence-electron chi connectivity index (χ4n) is 3.66. The first-order valence-electron chi connectivity index (χ1n) is 11.1. The Morgan fingerprint density at radius 3 is 2.46 bits per heavy atom. The fourth-order valence-corrected chi connectivity index (χ4v) is 3.66. The third kappa shape index (κ3) is 5.08. The highest BCUT2D eigenvalue weighted by Gasteiger charge is 2.23. The zero-order chi connectivity index (χ0) is 24.9. The monoisotopic (exact) mass is 479 g/mol. The lowest BCUT2D eigenvalue weighted by atomic mass is 10.1. The molecule has 1 aromatic carbocycles. The molecule has 0 saturated heterocycles. The van der Waals surface area contributed by atoms with Crippen molar-refractivity contribution >= 4 is 28.6 Å². The minimum atomic E-state index is -0.902. The van der Waals surface area contributed by atoms with Gasteiger partial charge in [-0.2, -0.15) is 0 Å². The molecule has 3 heterocycles. The Morgan fingerprint density at radius 1 is 1.06 bits per heavy atom. The number of aromatic nitrogens is 2. The maximum atomic E-state index is 13.1. The zero-order valence-electron chi connectivity index (χ0n) is 19.3. The Bertz CT molecular complexity index is 1340. The molecule has 1 aliphatic rings. The lowest BCUT2D eigenvalue weighted by Crippen LogP contribution is -2.47. The van der Waals surface area contributed by atoms with Gasteiger partial charge in [-0.1, -0.05) is 0 Å². The van der Waals surface area contributed by atoms with Gasteiger partial charge < -0.3 is 30.0 Å². The van der Waals surface area contributed by atoms with Crippen LogP contribution in [0.3, 0.4) is 0 Å². The van der Waals surface area contributed by atoms with E-state index in [9.17, 15) is 19.2 Å². The number of carbonyl (C=O) groups is 3. The fraction of sp³-hybridized carbons (Fsp3) is 0.292. The molecule has 0 saturated carbocycles. The molecule has 1 aliphatic heterocycles. The van der Waals surface area contributed by atoms with Crippen molar-refractivity contribution in [3.63, 3.8) is 0 Å².